The largest absolute Gasteiger partial charge is 0.497 e. The molecule has 0 unspecified atom stereocenters. The molecule has 0 saturated heterocycles. The van der Waals surface area contributed by atoms with Crippen molar-refractivity contribution >= 4 is 5.69 Å². The molecular formula is C22H27N5O. The molecule has 1 aliphatic carbocycles. The number of tetrazole rings is 1. The second-order valence-corrected chi connectivity index (χ2v) is 7.80. The summed E-state index contributed by atoms with van der Waals surface area (Å²) in [7, 11) is 1.68. The number of rotatable bonds is 6. The summed E-state index contributed by atoms with van der Waals surface area (Å²) in [6, 6.07) is 16.6. The molecule has 28 heavy (non-hydrogen) atoms. The van der Waals surface area contributed by atoms with Gasteiger partial charge in [-0.25, -0.2) is 0 Å². The van der Waals surface area contributed by atoms with Crippen LogP contribution in [0.3, 0.4) is 0 Å². The van der Waals surface area contributed by atoms with Crippen molar-refractivity contribution in [1.29, 1.82) is 0 Å². The topological polar surface area (TPSA) is 64.9 Å². The van der Waals surface area contributed by atoms with Gasteiger partial charge in [-0.15, -0.1) is 5.10 Å². The summed E-state index contributed by atoms with van der Waals surface area (Å²) < 4.78 is 7.16. The minimum Gasteiger partial charge on any atom is -0.497 e. The summed E-state index contributed by atoms with van der Waals surface area (Å²) >= 11 is 0. The molecule has 2 aromatic carbocycles. The first-order valence-electron chi connectivity index (χ1n) is 9.93. The van der Waals surface area contributed by atoms with E-state index in [1.165, 1.54) is 5.56 Å². The number of aromatic nitrogens is 4. The van der Waals surface area contributed by atoms with Crippen LogP contribution < -0.4 is 10.1 Å². The smallest absolute Gasteiger partial charge is 0.181 e. The van der Waals surface area contributed by atoms with Crippen molar-refractivity contribution in [2.45, 2.75) is 51.0 Å². The second kappa shape index (κ2) is 7.62. The van der Waals surface area contributed by atoms with Crippen LogP contribution in [0.4, 0.5) is 5.69 Å². The van der Waals surface area contributed by atoms with Gasteiger partial charge < -0.3 is 10.1 Å². The van der Waals surface area contributed by atoms with Gasteiger partial charge >= 0.3 is 0 Å². The molecule has 1 saturated carbocycles. The van der Waals surface area contributed by atoms with Crippen LogP contribution in [0.2, 0.25) is 0 Å². The lowest BCUT2D eigenvalue weighted by molar-refractivity contribution is 0.414. The van der Waals surface area contributed by atoms with Gasteiger partial charge in [-0.05, 0) is 71.1 Å². The Bertz CT molecular complexity index is 909. The summed E-state index contributed by atoms with van der Waals surface area (Å²) in [5.41, 5.74) is 3.08. The highest BCUT2D eigenvalue weighted by atomic mass is 16.5. The van der Waals surface area contributed by atoms with Crippen LogP contribution in [-0.2, 0) is 5.54 Å². The molecular weight excluding hydrogens is 350 g/mol. The summed E-state index contributed by atoms with van der Waals surface area (Å²) in [5, 5.41) is 16.5. The van der Waals surface area contributed by atoms with E-state index >= 15 is 0 Å². The molecule has 1 aliphatic rings. The SMILES string of the molecule is COc1ccc(NC2(c3nnnn3-c3ccc(C(C)C)cc3)CCCC2)cc1. The number of nitrogens with one attached hydrogen (secondary N) is 1. The molecule has 1 N–H and O–H groups in total. The number of methoxy groups -OCH3 is 1. The van der Waals surface area contributed by atoms with Crippen molar-refractivity contribution in [2.75, 3.05) is 12.4 Å². The van der Waals surface area contributed by atoms with Crippen LogP contribution in [0.5, 0.6) is 5.75 Å². The Hall–Kier alpha value is -2.89. The maximum Gasteiger partial charge on any atom is 0.181 e. The van der Waals surface area contributed by atoms with E-state index in [9.17, 15) is 0 Å². The van der Waals surface area contributed by atoms with Crippen molar-refractivity contribution in [2.24, 2.45) is 0 Å². The first-order chi connectivity index (χ1) is 13.6. The monoisotopic (exact) mass is 377 g/mol. The molecule has 1 aromatic heterocycles. The molecule has 0 radical (unpaired) electrons. The predicted molar refractivity (Wildman–Crippen MR) is 110 cm³/mol. The molecule has 1 fully saturated rings. The number of anilines is 1. The third-order valence-corrected chi connectivity index (χ3v) is 5.63. The van der Waals surface area contributed by atoms with Crippen molar-refractivity contribution < 1.29 is 4.74 Å². The zero-order chi connectivity index (χ0) is 19.6. The molecule has 0 spiro atoms. The van der Waals surface area contributed by atoms with E-state index < -0.39 is 0 Å². The van der Waals surface area contributed by atoms with E-state index in [0.717, 1.165) is 48.6 Å². The van der Waals surface area contributed by atoms with Crippen molar-refractivity contribution in [3.05, 3.63) is 59.9 Å². The van der Waals surface area contributed by atoms with Crippen LogP contribution in [0.25, 0.3) is 5.69 Å². The molecule has 4 rings (SSSR count). The van der Waals surface area contributed by atoms with Gasteiger partial charge in [0.2, 0.25) is 0 Å². The maximum atomic E-state index is 5.28. The van der Waals surface area contributed by atoms with Gasteiger partial charge in [-0.2, -0.15) is 4.68 Å². The van der Waals surface area contributed by atoms with Gasteiger partial charge in [0.1, 0.15) is 5.75 Å². The van der Waals surface area contributed by atoms with Crippen LogP contribution in [0.15, 0.2) is 48.5 Å². The third kappa shape index (κ3) is 3.46. The fraction of sp³-hybridized carbons (Fsp3) is 0.409. The predicted octanol–water partition coefficient (Wildman–Crippen LogP) is 4.68. The van der Waals surface area contributed by atoms with E-state index in [0.29, 0.717) is 5.92 Å². The average molecular weight is 377 g/mol. The van der Waals surface area contributed by atoms with Crippen LogP contribution in [0, 0.1) is 0 Å². The maximum absolute atomic E-state index is 5.28. The van der Waals surface area contributed by atoms with E-state index in [2.05, 4.69) is 59.0 Å². The summed E-state index contributed by atoms with van der Waals surface area (Å²) in [6.07, 6.45) is 4.32. The zero-order valence-corrected chi connectivity index (χ0v) is 16.7. The van der Waals surface area contributed by atoms with Crippen LogP contribution >= 0.6 is 0 Å². The summed E-state index contributed by atoms with van der Waals surface area (Å²) in [4.78, 5) is 0. The fourth-order valence-electron chi connectivity index (χ4n) is 3.99. The second-order valence-electron chi connectivity index (χ2n) is 7.80. The van der Waals surface area contributed by atoms with E-state index in [4.69, 9.17) is 4.74 Å². The number of benzene rings is 2. The van der Waals surface area contributed by atoms with Gasteiger partial charge in [-0.1, -0.05) is 38.8 Å². The van der Waals surface area contributed by atoms with Gasteiger partial charge in [0.15, 0.2) is 5.82 Å². The van der Waals surface area contributed by atoms with Crippen molar-refractivity contribution in [3.8, 4) is 11.4 Å². The normalized spacial score (nSPS) is 15.7. The molecule has 6 nitrogen and oxygen atoms in total. The van der Waals surface area contributed by atoms with Gasteiger partial charge in [0.25, 0.3) is 0 Å². The molecule has 146 valence electrons. The Kier molecular flexibility index (Phi) is 5.03. The number of nitrogens with zero attached hydrogens (tertiary/aromatic N) is 4. The molecule has 6 heteroatoms. The Morgan fingerprint density at radius 3 is 2.29 bits per heavy atom. The Labute approximate surface area is 165 Å². The zero-order valence-electron chi connectivity index (χ0n) is 16.7. The van der Waals surface area contributed by atoms with Crippen molar-refractivity contribution in [3.63, 3.8) is 0 Å². The molecule has 0 bridgehead atoms. The quantitative estimate of drug-likeness (QED) is 0.676. The van der Waals surface area contributed by atoms with Crippen molar-refractivity contribution in [1.82, 2.24) is 20.2 Å². The summed E-state index contributed by atoms with van der Waals surface area (Å²) in [6.45, 7) is 4.40. The molecule has 0 aliphatic heterocycles. The van der Waals surface area contributed by atoms with Crippen LogP contribution in [-0.4, -0.2) is 27.3 Å². The lowest BCUT2D eigenvalue weighted by Crippen LogP contribution is -2.35. The highest BCUT2D eigenvalue weighted by molar-refractivity contribution is 5.50. The van der Waals surface area contributed by atoms with E-state index in [1.807, 2.05) is 28.9 Å². The number of ether oxygens (including phenoxy) is 1. The van der Waals surface area contributed by atoms with Gasteiger partial charge in [-0.3, -0.25) is 0 Å². The average Bonchev–Trinajstić information content (AvgIpc) is 3.39. The van der Waals surface area contributed by atoms with Crippen LogP contribution in [0.1, 0.15) is 56.8 Å². The minimum atomic E-state index is -0.269. The Balaban J connectivity index is 1.68. The summed E-state index contributed by atoms with van der Waals surface area (Å²) in [5.74, 6) is 2.22. The van der Waals surface area contributed by atoms with Gasteiger partial charge in [0.05, 0.1) is 18.3 Å². The molecule has 0 atom stereocenters. The molecule has 0 amide bonds. The fourth-order valence-corrected chi connectivity index (χ4v) is 3.99. The molecule has 3 aromatic rings. The first-order valence-corrected chi connectivity index (χ1v) is 9.93. The Morgan fingerprint density at radius 1 is 1.00 bits per heavy atom. The van der Waals surface area contributed by atoms with Gasteiger partial charge in [0, 0.05) is 5.69 Å². The standard InChI is InChI=1S/C22H27N5O/c1-16(2)17-6-10-19(11-7-17)27-21(24-25-26-27)22(14-4-5-15-22)23-18-8-12-20(28-3)13-9-18/h6-13,16,23H,4-5,14-15H2,1-3H3. The highest BCUT2D eigenvalue weighted by Gasteiger charge is 2.40. The lowest BCUT2D eigenvalue weighted by Gasteiger charge is -2.30. The van der Waals surface area contributed by atoms with E-state index in [-0.39, 0.29) is 5.54 Å². The third-order valence-electron chi connectivity index (χ3n) is 5.63. The lowest BCUT2D eigenvalue weighted by atomic mass is 9.95. The molecule has 1 heterocycles. The minimum absolute atomic E-state index is 0.269. The van der Waals surface area contributed by atoms with E-state index in [1.54, 1.807) is 7.11 Å². The number of hydrogen-bond donors (Lipinski definition) is 1. The Morgan fingerprint density at radius 2 is 1.68 bits per heavy atom. The highest BCUT2D eigenvalue weighted by Crippen LogP contribution is 2.41. The first kappa shape index (κ1) is 18.5. The number of hydrogen-bond acceptors (Lipinski definition) is 5.